The van der Waals surface area contributed by atoms with Crippen LogP contribution < -0.4 is 10.1 Å². The fourth-order valence-corrected chi connectivity index (χ4v) is 2.80. The van der Waals surface area contributed by atoms with E-state index in [1.807, 2.05) is 40.0 Å². The average Bonchev–Trinajstić information content (AvgIpc) is 2.58. The van der Waals surface area contributed by atoms with E-state index in [-0.39, 0.29) is 0 Å². The Morgan fingerprint density at radius 3 is 2.62 bits per heavy atom. The smallest absolute Gasteiger partial charge is 0.288 e. The van der Waals surface area contributed by atoms with Gasteiger partial charge in [-0.15, -0.1) is 0 Å². The van der Waals surface area contributed by atoms with E-state index in [0.29, 0.717) is 34.1 Å². The lowest BCUT2D eigenvalue weighted by molar-refractivity contribution is 0.252. The Kier molecular flexibility index (Phi) is 6.85. The zero-order valence-electron chi connectivity index (χ0n) is 15.3. The number of hydrogen-bond donors (Lipinski definition) is 2. The SMILES string of the molecule is CCN(C)C(=N)Nc1cc(C)c(Oc2cccc(SC(F)F)c2)cc1C. The van der Waals surface area contributed by atoms with Gasteiger partial charge in [-0.1, -0.05) is 17.8 Å². The lowest BCUT2D eigenvalue weighted by Gasteiger charge is -2.21. The van der Waals surface area contributed by atoms with E-state index >= 15 is 0 Å². The van der Waals surface area contributed by atoms with Crippen molar-refractivity contribution in [2.75, 3.05) is 18.9 Å². The third kappa shape index (κ3) is 5.36. The molecule has 0 atom stereocenters. The number of hydrogen-bond acceptors (Lipinski definition) is 3. The number of alkyl halides is 2. The maximum Gasteiger partial charge on any atom is 0.288 e. The fourth-order valence-electron chi connectivity index (χ4n) is 2.26. The van der Waals surface area contributed by atoms with E-state index in [4.69, 9.17) is 10.1 Å². The number of ether oxygens (including phenoxy) is 1. The predicted octanol–water partition coefficient (Wildman–Crippen LogP) is 5.71. The summed E-state index contributed by atoms with van der Waals surface area (Å²) in [6.07, 6.45) is 0. The zero-order chi connectivity index (χ0) is 19.3. The molecule has 0 unspecified atom stereocenters. The highest BCUT2D eigenvalue weighted by atomic mass is 32.2. The van der Waals surface area contributed by atoms with Crippen LogP contribution in [0.25, 0.3) is 0 Å². The second-order valence-electron chi connectivity index (χ2n) is 5.88. The molecule has 0 spiro atoms. The summed E-state index contributed by atoms with van der Waals surface area (Å²) in [5.74, 6) is -0.975. The Balaban J connectivity index is 2.19. The molecule has 4 nitrogen and oxygen atoms in total. The number of rotatable bonds is 6. The van der Waals surface area contributed by atoms with Crippen molar-refractivity contribution in [3.63, 3.8) is 0 Å². The second kappa shape index (κ2) is 8.89. The Hall–Kier alpha value is -2.28. The summed E-state index contributed by atoms with van der Waals surface area (Å²) in [6, 6.07) is 10.5. The number of aryl methyl sites for hydroxylation is 2. The van der Waals surface area contributed by atoms with Gasteiger partial charge in [0.05, 0.1) is 0 Å². The van der Waals surface area contributed by atoms with Crippen molar-refractivity contribution in [1.82, 2.24) is 4.90 Å². The van der Waals surface area contributed by atoms with Gasteiger partial charge in [-0.25, -0.2) is 0 Å². The highest BCUT2D eigenvalue weighted by Gasteiger charge is 2.11. The minimum absolute atomic E-state index is 0.320. The molecule has 2 rings (SSSR count). The fraction of sp³-hybridized carbons (Fsp3) is 0.316. The molecule has 140 valence electrons. The minimum Gasteiger partial charge on any atom is -0.457 e. The molecule has 2 N–H and O–H groups in total. The van der Waals surface area contributed by atoms with Crippen molar-refractivity contribution >= 4 is 23.4 Å². The van der Waals surface area contributed by atoms with Crippen molar-refractivity contribution < 1.29 is 13.5 Å². The van der Waals surface area contributed by atoms with Gasteiger partial charge in [0, 0.05) is 24.2 Å². The molecule has 0 heterocycles. The van der Waals surface area contributed by atoms with Crippen molar-refractivity contribution in [1.29, 1.82) is 5.41 Å². The van der Waals surface area contributed by atoms with Crippen molar-refractivity contribution in [2.45, 2.75) is 31.4 Å². The van der Waals surface area contributed by atoms with E-state index in [0.717, 1.165) is 23.4 Å². The summed E-state index contributed by atoms with van der Waals surface area (Å²) >= 11 is 0.493. The van der Waals surface area contributed by atoms with E-state index < -0.39 is 5.76 Å². The first-order chi connectivity index (χ1) is 12.3. The molecular formula is C19H23F2N3OS. The van der Waals surface area contributed by atoms with Crippen LogP contribution in [0.5, 0.6) is 11.5 Å². The molecule has 26 heavy (non-hydrogen) atoms. The van der Waals surface area contributed by atoms with Crippen molar-refractivity contribution in [3.05, 3.63) is 47.5 Å². The molecule has 0 saturated heterocycles. The van der Waals surface area contributed by atoms with Gasteiger partial charge in [-0.2, -0.15) is 8.78 Å². The van der Waals surface area contributed by atoms with E-state index in [9.17, 15) is 8.78 Å². The highest BCUT2D eigenvalue weighted by Crippen LogP contribution is 2.33. The van der Waals surface area contributed by atoms with Gasteiger partial charge in [0.15, 0.2) is 5.96 Å². The molecule has 0 bridgehead atoms. The number of thioether (sulfide) groups is 1. The summed E-state index contributed by atoms with van der Waals surface area (Å²) in [7, 11) is 1.85. The Morgan fingerprint density at radius 2 is 1.96 bits per heavy atom. The molecule has 0 radical (unpaired) electrons. The number of anilines is 1. The quantitative estimate of drug-likeness (QED) is 0.383. The van der Waals surface area contributed by atoms with Gasteiger partial charge in [0.1, 0.15) is 11.5 Å². The largest absolute Gasteiger partial charge is 0.457 e. The van der Waals surface area contributed by atoms with Crippen LogP contribution in [0.2, 0.25) is 0 Å². The molecular weight excluding hydrogens is 356 g/mol. The van der Waals surface area contributed by atoms with Gasteiger partial charge in [-0.05, 0) is 62.2 Å². The summed E-state index contributed by atoms with van der Waals surface area (Å²) in [4.78, 5) is 2.26. The van der Waals surface area contributed by atoms with E-state index in [2.05, 4.69) is 5.32 Å². The number of halogens is 2. The van der Waals surface area contributed by atoms with Crippen LogP contribution in [0, 0.1) is 19.3 Å². The zero-order valence-corrected chi connectivity index (χ0v) is 16.1. The number of guanidine groups is 1. The number of nitrogens with zero attached hydrogens (tertiary/aromatic N) is 1. The molecule has 0 aliphatic carbocycles. The first-order valence-electron chi connectivity index (χ1n) is 8.20. The van der Waals surface area contributed by atoms with Crippen LogP contribution in [0.3, 0.4) is 0 Å². The Bertz CT molecular complexity index is 783. The normalized spacial score (nSPS) is 10.7. The standard InChI is InChI=1S/C19H23F2N3OS/c1-5-24(4)19(22)23-16-9-13(3)17(10-12(16)2)25-14-7-6-8-15(11-14)26-18(20)21/h6-11,18H,5H2,1-4H3,(H2,22,23). The topological polar surface area (TPSA) is 48.4 Å². The summed E-state index contributed by atoms with van der Waals surface area (Å²) in [6.45, 7) is 6.55. The van der Waals surface area contributed by atoms with E-state index in [1.54, 1.807) is 29.2 Å². The third-order valence-electron chi connectivity index (χ3n) is 3.89. The molecule has 2 aromatic carbocycles. The van der Waals surface area contributed by atoms with Gasteiger partial charge in [0.2, 0.25) is 0 Å². The Morgan fingerprint density at radius 1 is 1.23 bits per heavy atom. The van der Waals surface area contributed by atoms with Gasteiger partial charge >= 0.3 is 0 Å². The van der Waals surface area contributed by atoms with Crippen molar-refractivity contribution in [2.24, 2.45) is 0 Å². The predicted molar refractivity (Wildman–Crippen MR) is 104 cm³/mol. The van der Waals surface area contributed by atoms with Crippen LogP contribution in [0.1, 0.15) is 18.1 Å². The number of nitrogens with one attached hydrogen (secondary N) is 2. The van der Waals surface area contributed by atoms with Gasteiger partial charge < -0.3 is 15.0 Å². The second-order valence-corrected chi connectivity index (χ2v) is 6.94. The molecule has 2 aromatic rings. The molecule has 0 amide bonds. The molecule has 0 aromatic heterocycles. The Labute approximate surface area is 157 Å². The lowest BCUT2D eigenvalue weighted by Crippen LogP contribution is -2.32. The molecule has 0 saturated carbocycles. The monoisotopic (exact) mass is 379 g/mol. The molecule has 7 heteroatoms. The molecule has 0 aliphatic rings. The minimum atomic E-state index is -2.46. The first-order valence-corrected chi connectivity index (χ1v) is 9.08. The van der Waals surface area contributed by atoms with Crippen LogP contribution in [0.4, 0.5) is 14.5 Å². The lowest BCUT2D eigenvalue weighted by atomic mass is 10.1. The van der Waals surface area contributed by atoms with Crippen LogP contribution in [-0.2, 0) is 0 Å². The van der Waals surface area contributed by atoms with E-state index in [1.165, 1.54) is 0 Å². The highest BCUT2D eigenvalue weighted by molar-refractivity contribution is 7.99. The van der Waals surface area contributed by atoms with Crippen molar-refractivity contribution in [3.8, 4) is 11.5 Å². The number of benzene rings is 2. The molecule has 0 aliphatic heterocycles. The van der Waals surface area contributed by atoms with Crippen LogP contribution in [-0.4, -0.2) is 30.2 Å². The summed E-state index contributed by atoms with van der Waals surface area (Å²) < 4.78 is 30.9. The third-order valence-corrected chi connectivity index (χ3v) is 4.59. The van der Waals surface area contributed by atoms with Crippen LogP contribution >= 0.6 is 11.8 Å². The molecule has 0 fully saturated rings. The van der Waals surface area contributed by atoms with Gasteiger partial charge in [-0.3, -0.25) is 5.41 Å². The summed E-state index contributed by atoms with van der Waals surface area (Å²) in [5, 5.41) is 11.1. The van der Waals surface area contributed by atoms with Crippen LogP contribution in [0.15, 0.2) is 41.3 Å². The maximum absolute atomic E-state index is 12.5. The summed E-state index contributed by atoms with van der Waals surface area (Å²) in [5.41, 5.74) is 2.65. The maximum atomic E-state index is 12.5. The average molecular weight is 379 g/mol. The van der Waals surface area contributed by atoms with Gasteiger partial charge in [0.25, 0.3) is 5.76 Å². The first kappa shape index (κ1) is 20.0.